The van der Waals surface area contributed by atoms with Gasteiger partial charge in [-0.3, -0.25) is 9.69 Å². The molecule has 1 aliphatic rings. The molecule has 1 amide bonds. The van der Waals surface area contributed by atoms with Crippen LogP contribution in [0.25, 0.3) is 0 Å². The largest absolute Gasteiger partial charge is 0.358 e. The van der Waals surface area contributed by atoms with E-state index in [4.69, 9.17) is 0 Å². The molecular weight excluding hydrogens is 214 g/mol. The number of rotatable bonds is 6. The molecule has 4 nitrogen and oxygen atoms in total. The Morgan fingerprint density at radius 2 is 2.29 bits per heavy atom. The maximum atomic E-state index is 11.7. The maximum Gasteiger partial charge on any atom is 0.236 e. The molecular formula is C13H27N3O. The zero-order valence-electron chi connectivity index (χ0n) is 11.5. The molecule has 0 bridgehead atoms. The molecule has 0 spiro atoms. The summed E-state index contributed by atoms with van der Waals surface area (Å²) in [5, 5.41) is 6.29. The number of likely N-dealkylation sites (N-methyl/N-ethyl adjacent to an activating group) is 1. The fraction of sp³-hybridized carbons (Fsp3) is 0.923. The summed E-state index contributed by atoms with van der Waals surface area (Å²) in [6.07, 6.45) is 4.93. The van der Waals surface area contributed by atoms with Gasteiger partial charge in [0.2, 0.25) is 5.91 Å². The third kappa shape index (κ3) is 4.64. The summed E-state index contributed by atoms with van der Waals surface area (Å²) in [6, 6.07) is 0.533. The highest BCUT2D eigenvalue weighted by molar-refractivity contribution is 5.80. The Bertz CT molecular complexity index is 227. The minimum atomic E-state index is -0.0244. The number of hydrogen-bond donors (Lipinski definition) is 2. The monoisotopic (exact) mass is 241 g/mol. The van der Waals surface area contributed by atoms with Gasteiger partial charge in [-0.1, -0.05) is 13.3 Å². The molecule has 1 rings (SSSR count). The van der Waals surface area contributed by atoms with E-state index in [2.05, 4.69) is 22.5 Å². The number of amides is 1. The van der Waals surface area contributed by atoms with Crippen molar-refractivity contribution in [3.8, 4) is 0 Å². The summed E-state index contributed by atoms with van der Waals surface area (Å²) in [5.74, 6) is 0.120. The van der Waals surface area contributed by atoms with Crippen LogP contribution in [0.5, 0.6) is 0 Å². The van der Waals surface area contributed by atoms with Crippen molar-refractivity contribution >= 4 is 5.91 Å². The van der Waals surface area contributed by atoms with Gasteiger partial charge in [-0.15, -0.1) is 0 Å². The van der Waals surface area contributed by atoms with Gasteiger partial charge in [0.1, 0.15) is 0 Å². The second kappa shape index (κ2) is 7.67. The molecule has 1 fully saturated rings. The Balaban J connectivity index is 2.48. The van der Waals surface area contributed by atoms with Gasteiger partial charge < -0.3 is 10.6 Å². The van der Waals surface area contributed by atoms with Crippen LogP contribution in [0.2, 0.25) is 0 Å². The molecule has 0 aromatic rings. The normalized spacial score (nSPS) is 22.5. The van der Waals surface area contributed by atoms with Crippen molar-refractivity contribution in [2.75, 3.05) is 26.7 Å². The minimum Gasteiger partial charge on any atom is -0.358 e. The Morgan fingerprint density at radius 3 is 2.82 bits per heavy atom. The first-order valence-corrected chi connectivity index (χ1v) is 6.88. The standard InChI is InChI=1S/C13H27N3O/c1-4-9-16(11(2)13(17)14-3)10-12-7-5-6-8-15-12/h11-12,15H,4-10H2,1-3H3,(H,14,17). The van der Waals surface area contributed by atoms with E-state index in [-0.39, 0.29) is 11.9 Å². The third-order valence-electron chi connectivity index (χ3n) is 3.55. The van der Waals surface area contributed by atoms with Gasteiger partial charge >= 0.3 is 0 Å². The zero-order valence-corrected chi connectivity index (χ0v) is 11.5. The quantitative estimate of drug-likeness (QED) is 0.728. The molecule has 0 aromatic carbocycles. The van der Waals surface area contributed by atoms with Crippen LogP contribution in [0, 0.1) is 0 Å². The lowest BCUT2D eigenvalue weighted by atomic mass is 10.0. The Hall–Kier alpha value is -0.610. The SMILES string of the molecule is CCCN(CC1CCCCN1)C(C)C(=O)NC. The molecule has 1 heterocycles. The van der Waals surface area contributed by atoms with Gasteiger partial charge in [0, 0.05) is 19.6 Å². The number of nitrogens with one attached hydrogen (secondary N) is 2. The lowest BCUT2D eigenvalue weighted by molar-refractivity contribution is -0.125. The van der Waals surface area contributed by atoms with Crippen molar-refractivity contribution in [3.05, 3.63) is 0 Å². The highest BCUT2D eigenvalue weighted by atomic mass is 16.2. The van der Waals surface area contributed by atoms with Crippen LogP contribution >= 0.6 is 0 Å². The maximum absolute atomic E-state index is 11.7. The molecule has 1 saturated heterocycles. The van der Waals surface area contributed by atoms with Gasteiger partial charge in [0.05, 0.1) is 6.04 Å². The van der Waals surface area contributed by atoms with Crippen molar-refractivity contribution in [3.63, 3.8) is 0 Å². The van der Waals surface area contributed by atoms with E-state index in [1.165, 1.54) is 19.3 Å². The van der Waals surface area contributed by atoms with Crippen LogP contribution in [0.1, 0.15) is 39.5 Å². The molecule has 1 aliphatic heterocycles. The molecule has 17 heavy (non-hydrogen) atoms. The first-order chi connectivity index (χ1) is 8.19. The lowest BCUT2D eigenvalue weighted by Gasteiger charge is -2.33. The molecule has 0 saturated carbocycles. The van der Waals surface area contributed by atoms with E-state index < -0.39 is 0 Å². The third-order valence-corrected chi connectivity index (χ3v) is 3.55. The van der Waals surface area contributed by atoms with Gasteiger partial charge in [0.15, 0.2) is 0 Å². The van der Waals surface area contributed by atoms with Crippen molar-refractivity contribution in [1.29, 1.82) is 0 Å². The smallest absolute Gasteiger partial charge is 0.236 e. The first-order valence-electron chi connectivity index (χ1n) is 6.88. The average molecular weight is 241 g/mol. The number of nitrogens with zero attached hydrogens (tertiary/aromatic N) is 1. The lowest BCUT2D eigenvalue weighted by Crippen LogP contribution is -2.51. The molecule has 100 valence electrons. The van der Waals surface area contributed by atoms with Crippen molar-refractivity contribution < 1.29 is 4.79 Å². The second-order valence-corrected chi connectivity index (χ2v) is 4.93. The average Bonchev–Trinajstić information content (AvgIpc) is 2.37. The summed E-state index contributed by atoms with van der Waals surface area (Å²) in [4.78, 5) is 14.0. The second-order valence-electron chi connectivity index (χ2n) is 4.93. The van der Waals surface area contributed by atoms with E-state index in [0.717, 1.165) is 26.1 Å². The predicted octanol–water partition coefficient (Wildman–Crippen LogP) is 0.975. The number of hydrogen-bond acceptors (Lipinski definition) is 3. The van der Waals surface area contributed by atoms with Crippen LogP contribution in [0.4, 0.5) is 0 Å². The molecule has 2 N–H and O–H groups in total. The molecule has 2 atom stereocenters. The summed E-state index contributed by atoms with van der Waals surface area (Å²) in [5.41, 5.74) is 0. The fourth-order valence-electron chi connectivity index (χ4n) is 2.47. The highest BCUT2D eigenvalue weighted by Crippen LogP contribution is 2.11. The van der Waals surface area contributed by atoms with Crippen LogP contribution in [0.3, 0.4) is 0 Å². The summed E-state index contributed by atoms with van der Waals surface area (Å²) in [7, 11) is 1.71. The van der Waals surface area contributed by atoms with Crippen LogP contribution in [-0.2, 0) is 4.79 Å². The zero-order chi connectivity index (χ0) is 12.7. The molecule has 2 unspecified atom stereocenters. The predicted molar refractivity (Wildman–Crippen MR) is 71.0 cm³/mol. The number of carbonyl (C=O) groups excluding carboxylic acids is 1. The van der Waals surface area contributed by atoms with Crippen molar-refractivity contribution in [2.45, 2.75) is 51.6 Å². The Morgan fingerprint density at radius 1 is 1.53 bits per heavy atom. The van der Waals surface area contributed by atoms with Crippen molar-refractivity contribution in [2.24, 2.45) is 0 Å². The Labute approximate surface area is 105 Å². The van der Waals surface area contributed by atoms with Crippen LogP contribution in [-0.4, -0.2) is 49.6 Å². The fourth-order valence-corrected chi connectivity index (χ4v) is 2.47. The number of carbonyl (C=O) groups is 1. The molecule has 0 aromatic heterocycles. The minimum absolute atomic E-state index is 0.0244. The van der Waals surface area contributed by atoms with E-state index in [0.29, 0.717) is 6.04 Å². The van der Waals surface area contributed by atoms with Crippen LogP contribution in [0.15, 0.2) is 0 Å². The van der Waals surface area contributed by atoms with E-state index in [1.54, 1.807) is 7.05 Å². The Kier molecular flexibility index (Phi) is 6.52. The van der Waals surface area contributed by atoms with Crippen molar-refractivity contribution in [1.82, 2.24) is 15.5 Å². The summed E-state index contributed by atoms with van der Waals surface area (Å²) in [6.45, 7) is 7.27. The van der Waals surface area contributed by atoms with Gasteiger partial charge in [-0.2, -0.15) is 0 Å². The van der Waals surface area contributed by atoms with Crippen LogP contribution < -0.4 is 10.6 Å². The molecule has 0 aliphatic carbocycles. The highest BCUT2D eigenvalue weighted by Gasteiger charge is 2.23. The molecule has 4 heteroatoms. The van der Waals surface area contributed by atoms with Gasteiger partial charge in [-0.25, -0.2) is 0 Å². The van der Waals surface area contributed by atoms with Gasteiger partial charge in [-0.05, 0) is 39.3 Å². The van der Waals surface area contributed by atoms with E-state index in [9.17, 15) is 4.79 Å². The van der Waals surface area contributed by atoms with E-state index >= 15 is 0 Å². The summed E-state index contributed by atoms with van der Waals surface area (Å²) < 4.78 is 0. The van der Waals surface area contributed by atoms with E-state index in [1.807, 2.05) is 6.92 Å². The number of piperidine rings is 1. The summed E-state index contributed by atoms with van der Waals surface area (Å²) >= 11 is 0. The molecule has 0 radical (unpaired) electrons. The van der Waals surface area contributed by atoms with Gasteiger partial charge in [0.25, 0.3) is 0 Å². The topological polar surface area (TPSA) is 44.4 Å². The first kappa shape index (κ1) is 14.5.